The largest absolute Gasteiger partial charge is 0.480 e. The summed E-state index contributed by atoms with van der Waals surface area (Å²) in [5.41, 5.74) is 11.2. The van der Waals surface area contributed by atoms with Gasteiger partial charge >= 0.3 is 11.9 Å². The number of aliphatic carboxylic acids is 1. The minimum atomic E-state index is -1.60. The second kappa shape index (κ2) is 35.5. The van der Waals surface area contributed by atoms with Crippen molar-refractivity contribution in [2.24, 2.45) is 17.4 Å². The molecule has 15 heteroatoms. The van der Waals surface area contributed by atoms with Crippen LogP contribution in [0.4, 0.5) is 0 Å². The molecule has 1 fully saturated rings. The first-order chi connectivity index (χ1) is 29.7. The maximum atomic E-state index is 13.6. The van der Waals surface area contributed by atoms with E-state index in [1.165, 1.54) is 129 Å². The van der Waals surface area contributed by atoms with Gasteiger partial charge in [0, 0.05) is 6.42 Å². The van der Waals surface area contributed by atoms with Crippen LogP contribution in [0.25, 0.3) is 0 Å². The molecule has 1 aliphatic rings. The lowest BCUT2D eigenvalue weighted by atomic mass is 9.93. The van der Waals surface area contributed by atoms with E-state index in [0.29, 0.717) is 0 Å². The molecular formula is C47H88N4O11. The zero-order chi connectivity index (χ0) is 46.1. The summed E-state index contributed by atoms with van der Waals surface area (Å²) in [5.74, 6) is -4.36. The standard InChI is InChI=1S/C47H88N4O11/c1-5-7-9-11-13-15-17-19-21-23-25-27-29-36(30-28-26-24-22-20-18-16-14-12-10-8-6-2)46(58)60-33-38-41(53)42(40(49)47(59)62-38)61-35(4)44(55)50-34(3)43(54)51-37(45(56)57)31-32-39(48)52/h34-38,40-42,47,53,59H,5-33,49H2,1-4H3,(H2,48,52)(H,50,55)(H,51,54)(H,56,57)/t34-,35?,37+,38+,40+,41+,42+,47-/m0/s1. The number of aliphatic hydroxyl groups is 2. The molecule has 8 atom stereocenters. The molecule has 15 nitrogen and oxygen atoms in total. The van der Waals surface area contributed by atoms with Crippen molar-refractivity contribution in [3.05, 3.63) is 0 Å². The van der Waals surface area contributed by atoms with Gasteiger partial charge < -0.3 is 51.6 Å². The van der Waals surface area contributed by atoms with Crippen LogP contribution >= 0.6 is 0 Å². The minimum absolute atomic E-state index is 0.228. The van der Waals surface area contributed by atoms with E-state index in [4.69, 9.17) is 25.7 Å². The molecule has 0 bridgehead atoms. The summed E-state index contributed by atoms with van der Waals surface area (Å²) in [6.07, 6.45) is 23.6. The maximum Gasteiger partial charge on any atom is 0.326 e. The Morgan fingerprint density at radius 1 is 0.645 bits per heavy atom. The van der Waals surface area contributed by atoms with Gasteiger partial charge in [0.2, 0.25) is 17.7 Å². The van der Waals surface area contributed by atoms with E-state index >= 15 is 0 Å². The zero-order valence-electron chi connectivity index (χ0n) is 39.0. The molecule has 1 rings (SSSR count). The van der Waals surface area contributed by atoms with Crippen molar-refractivity contribution in [2.75, 3.05) is 6.61 Å². The van der Waals surface area contributed by atoms with Gasteiger partial charge in [-0.1, -0.05) is 168 Å². The van der Waals surface area contributed by atoms with Crippen LogP contribution in [-0.2, 0) is 38.2 Å². The van der Waals surface area contributed by atoms with Crippen LogP contribution in [0.5, 0.6) is 0 Å². The number of nitrogens with two attached hydrogens (primary N) is 2. The van der Waals surface area contributed by atoms with Crippen molar-refractivity contribution in [3.8, 4) is 0 Å². The third-order valence-electron chi connectivity index (χ3n) is 12.1. The summed E-state index contributed by atoms with van der Waals surface area (Å²) in [5, 5.41) is 36.0. The summed E-state index contributed by atoms with van der Waals surface area (Å²) in [6.45, 7) is 6.82. The quantitative estimate of drug-likeness (QED) is 0.0247. The lowest BCUT2D eigenvalue weighted by Gasteiger charge is -2.41. The zero-order valence-corrected chi connectivity index (χ0v) is 39.0. The number of amides is 3. The number of rotatable bonds is 39. The van der Waals surface area contributed by atoms with Gasteiger partial charge in [0.25, 0.3) is 0 Å². The predicted octanol–water partition coefficient (Wildman–Crippen LogP) is 6.85. The van der Waals surface area contributed by atoms with E-state index in [-0.39, 0.29) is 31.3 Å². The summed E-state index contributed by atoms with van der Waals surface area (Å²) in [4.78, 5) is 61.8. The summed E-state index contributed by atoms with van der Waals surface area (Å²) in [7, 11) is 0. The Labute approximate surface area is 373 Å². The number of carboxylic acid groups (broad SMARTS) is 1. The number of primary amides is 1. The normalized spacial score (nSPS) is 20.4. The van der Waals surface area contributed by atoms with Crippen LogP contribution in [0.15, 0.2) is 0 Å². The molecule has 1 aliphatic heterocycles. The molecule has 9 N–H and O–H groups in total. The third kappa shape index (κ3) is 26.1. The molecule has 0 aliphatic carbocycles. The molecule has 1 heterocycles. The number of carboxylic acids is 1. The van der Waals surface area contributed by atoms with Gasteiger partial charge in [-0.25, -0.2) is 4.79 Å². The molecule has 0 aromatic carbocycles. The van der Waals surface area contributed by atoms with Crippen LogP contribution in [0, 0.1) is 5.92 Å². The fraction of sp³-hybridized carbons (Fsp3) is 0.894. The van der Waals surface area contributed by atoms with Crippen LogP contribution < -0.4 is 22.1 Å². The molecule has 362 valence electrons. The summed E-state index contributed by atoms with van der Waals surface area (Å²) in [6, 6.07) is -3.86. The fourth-order valence-electron chi connectivity index (χ4n) is 7.92. The van der Waals surface area contributed by atoms with Gasteiger partial charge in [-0.15, -0.1) is 0 Å². The summed E-state index contributed by atoms with van der Waals surface area (Å²) >= 11 is 0. The van der Waals surface area contributed by atoms with E-state index in [2.05, 4.69) is 24.5 Å². The molecule has 3 amide bonds. The second-order valence-corrected chi connectivity index (χ2v) is 17.7. The van der Waals surface area contributed by atoms with Gasteiger partial charge in [-0.3, -0.25) is 19.2 Å². The van der Waals surface area contributed by atoms with Crippen molar-refractivity contribution in [1.29, 1.82) is 0 Å². The topological polar surface area (TPSA) is 250 Å². The summed E-state index contributed by atoms with van der Waals surface area (Å²) < 4.78 is 17.1. The number of hydrogen-bond donors (Lipinski definition) is 7. The molecule has 0 radical (unpaired) electrons. The SMILES string of the molecule is CCCCCCCCCCCCCCC(CCCCCCCCCCCCCC)C(=O)OC[C@H]1O[C@H](O)[C@H](N)[C@@H](OC(C)C(=O)N[C@@H](C)C(=O)N[C@H](CCC(N)=O)C(=O)O)[C@@H]1O. The first kappa shape index (κ1) is 57.2. The number of esters is 1. The average molecular weight is 885 g/mol. The number of unbranched alkanes of at least 4 members (excludes halogenated alkanes) is 22. The van der Waals surface area contributed by atoms with E-state index < -0.39 is 72.5 Å². The average Bonchev–Trinajstić information content (AvgIpc) is 3.23. The van der Waals surface area contributed by atoms with Crippen LogP contribution in [-0.4, -0.2) is 100 Å². The molecule has 0 saturated carbocycles. The van der Waals surface area contributed by atoms with Gasteiger partial charge in [0.05, 0.1) is 12.0 Å². The van der Waals surface area contributed by atoms with Crippen molar-refractivity contribution in [2.45, 2.75) is 256 Å². The highest BCUT2D eigenvalue weighted by atomic mass is 16.6. The van der Waals surface area contributed by atoms with Crippen molar-refractivity contribution in [3.63, 3.8) is 0 Å². The molecular weight excluding hydrogens is 797 g/mol. The van der Waals surface area contributed by atoms with Crippen LogP contribution in [0.2, 0.25) is 0 Å². The fourth-order valence-corrected chi connectivity index (χ4v) is 7.92. The molecule has 0 spiro atoms. The van der Waals surface area contributed by atoms with E-state index in [1.807, 2.05) is 0 Å². The van der Waals surface area contributed by atoms with E-state index in [0.717, 1.165) is 51.4 Å². The highest BCUT2D eigenvalue weighted by Gasteiger charge is 2.45. The first-order valence-electron chi connectivity index (χ1n) is 24.4. The second-order valence-electron chi connectivity index (χ2n) is 17.7. The van der Waals surface area contributed by atoms with E-state index in [9.17, 15) is 39.3 Å². The number of carbonyl (C=O) groups is 5. The Bertz CT molecular complexity index is 1200. The number of ether oxygens (including phenoxy) is 3. The first-order valence-corrected chi connectivity index (χ1v) is 24.4. The Balaban J connectivity index is 2.71. The lowest BCUT2D eigenvalue weighted by Crippen LogP contribution is -2.64. The van der Waals surface area contributed by atoms with Crippen LogP contribution in [0.3, 0.4) is 0 Å². The molecule has 0 aromatic heterocycles. The highest BCUT2D eigenvalue weighted by Crippen LogP contribution is 2.25. The van der Waals surface area contributed by atoms with Gasteiger partial charge in [0.1, 0.15) is 43.1 Å². The molecule has 1 saturated heterocycles. The minimum Gasteiger partial charge on any atom is -0.480 e. The number of nitrogens with one attached hydrogen (secondary N) is 2. The van der Waals surface area contributed by atoms with Crippen molar-refractivity contribution < 1.29 is 53.5 Å². The smallest absolute Gasteiger partial charge is 0.326 e. The maximum absolute atomic E-state index is 13.6. The monoisotopic (exact) mass is 885 g/mol. The van der Waals surface area contributed by atoms with Gasteiger partial charge in [0.15, 0.2) is 6.29 Å². The van der Waals surface area contributed by atoms with Crippen molar-refractivity contribution in [1.82, 2.24) is 10.6 Å². The molecule has 62 heavy (non-hydrogen) atoms. The van der Waals surface area contributed by atoms with E-state index in [1.54, 1.807) is 0 Å². The molecule has 1 unspecified atom stereocenters. The Morgan fingerprint density at radius 2 is 1.08 bits per heavy atom. The Morgan fingerprint density at radius 3 is 1.50 bits per heavy atom. The Kier molecular flexibility index (Phi) is 32.7. The van der Waals surface area contributed by atoms with Gasteiger partial charge in [-0.2, -0.15) is 0 Å². The van der Waals surface area contributed by atoms with Gasteiger partial charge in [-0.05, 0) is 33.1 Å². The highest BCUT2D eigenvalue weighted by molar-refractivity contribution is 5.91. The third-order valence-corrected chi connectivity index (χ3v) is 12.1. The Hall–Kier alpha value is -2.85. The van der Waals surface area contributed by atoms with Crippen molar-refractivity contribution >= 4 is 29.7 Å². The number of aliphatic hydroxyl groups excluding tert-OH is 2. The number of hydrogen-bond acceptors (Lipinski definition) is 11. The molecule has 0 aromatic rings. The van der Waals surface area contributed by atoms with Crippen LogP contribution in [0.1, 0.15) is 207 Å². The lowest BCUT2D eigenvalue weighted by molar-refractivity contribution is -0.263. The predicted molar refractivity (Wildman–Crippen MR) is 241 cm³/mol. The number of carbonyl (C=O) groups excluding carboxylic acids is 4.